The Labute approximate surface area is 187 Å². The molecule has 0 aliphatic heterocycles. The van der Waals surface area contributed by atoms with Crippen molar-refractivity contribution >= 4 is 27.7 Å². The van der Waals surface area contributed by atoms with Gasteiger partial charge in [0.1, 0.15) is 12.1 Å². The van der Waals surface area contributed by atoms with Crippen LogP contribution in [0.1, 0.15) is 18.9 Å². The molecule has 2 heterocycles. The summed E-state index contributed by atoms with van der Waals surface area (Å²) in [6.07, 6.45) is 2.52. The van der Waals surface area contributed by atoms with Gasteiger partial charge in [0.2, 0.25) is 5.91 Å². The molecule has 166 valence electrons. The molecule has 2 aromatic heterocycles. The van der Waals surface area contributed by atoms with E-state index in [0.29, 0.717) is 5.52 Å². The number of amides is 1. The van der Waals surface area contributed by atoms with E-state index in [9.17, 15) is 9.59 Å². The van der Waals surface area contributed by atoms with Gasteiger partial charge in [-0.25, -0.2) is 4.68 Å². The molecule has 0 fully saturated rings. The highest BCUT2D eigenvalue weighted by atomic mass is 16.2. The molecule has 32 heavy (non-hydrogen) atoms. The van der Waals surface area contributed by atoms with Gasteiger partial charge >= 0.3 is 0 Å². The molecule has 7 heteroatoms. The van der Waals surface area contributed by atoms with Gasteiger partial charge in [0, 0.05) is 42.5 Å². The van der Waals surface area contributed by atoms with Crippen LogP contribution in [0.4, 0.5) is 0 Å². The van der Waals surface area contributed by atoms with Crippen molar-refractivity contribution in [1.29, 1.82) is 0 Å². The first-order chi connectivity index (χ1) is 15.5. The number of aromatic nitrogens is 3. The van der Waals surface area contributed by atoms with E-state index < -0.39 is 0 Å². The second-order valence-electron chi connectivity index (χ2n) is 8.29. The molecule has 2 aromatic carbocycles. The maximum Gasteiger partial charge on any atom is 0.291 e. The average Bonchev–Trinajstić information content (AvgIpc) is 3.10. The molecule has 1 N–H and O–H groups in total. The fourth-order valence-corrected chi connectivity index (χ4v) is 4.24. The van der Waals surface area contributed by atoms with Crippen LogP contribution < -0.4 is 10.9 Å². The van der Waals surface area contributed by atoms with Gasteiger partial charge in [0.25, 0.3) is 5.56 Å². The van der Waals surface area contributed by atoms with Crippen LogP contribution in [-0.4, -0.2) is 44.8 Å². The first kappa shape index (κ1) is 21.8. The van der Waals surface area contributed by atoms with Crippen molar-refractivity contribution in [1.82, 2.24) is 24.6 Å². The Morgan fingerprint density at radius 3 is 2.56 bits per heavy atom. The number of likely N-dealkylation sites (N-methyl/N-ethyl adjacent to an activating group) is 1. The summed E-state index contributed by atoms with van der Waals surface area (Å²) in [5.41, 5.74) is 2.40. The summed E-state index contributed by atoms with van der Waals surface area (Å²) in [7, 11) is 3.69. The van der Waals surface area contributed by atoms with Crippen LogP contribution in [0.5, 0.6) is 0 Å². The van der Waals surface area contributed by atoms with E-state index in [4.69, 9.17) is 0 Å². The highest BCUT2D eigenvalue weighted by Gasteiger charge is 2.19. The summed E-state index contributed by atoms with van der Waals surface area (Å²) < 4.78 is 3.12. The van der Waals surface area contributed by atoms with Crippen LogP contribution in [-0.2, 0) is 24.9 Å². The summed E-state index contributed by atoms with van der Waals surface area (Å²) in [4.78, 5) is 28.1. The minimum absolute atomic E-state index is 0.0220. The SMILES string of the molecule is CC[C@H](CN(C)Cc1ccccc1)NC(=O)Cn1c2ccccc2c2cnn(C)c(=O)c21. The molecular weight excluding hydrogens is 402 g/mol. The van der Waals surface area contributed by atoms with Crippen LogP contribution in [0.3, 0.4) is 0 Å². The highest BCUT2D eigenvalue weighted by Crippen LogP contribution is 2.26. The highest BCUT2D eigenvalue weighted by molar-refractivity contribution is 6.07. The summed E-state index contributed by atoms with van der Waals surface area (Å²) in [5, 5.41) is 9.02. The Balaban J connectivity index is 1.53. The first-order valence-electron chi connectivity index (χ1n) is 10.9. The first-order valence-corrected chi connectivity index (χ1v) is 10.9. The molecule has 0 radical (unpaired) electrons. The second kappa shape index (κ2) is 9.36. The van der Waals surface area contributed by atoms with Gasteiger partial charge in [-0.3, -0.25) is 9.59 Å². The molecule has 0 bridgehead atoms. The monoisotopic (exact) mass is 431 g/mol. The van der Waals surface area contributed by atoms with Crippen molar-refractivity contribution in [2.24, 2.45) is 7.05 Å². The molecule has 0 saturated heterocycles. The predicted molar refractivity (Wildman–Crippen MR) is 127 cm³/mol. The Morgan fingerprint density at radius 2 is 1.81 bits per heavy atom. The van der Waals surface area contributed by atoms with Crippen molar-refractivity contribution in [3.8, 4) is 0 Å². The minimum atomic E-state index is -0.207. The number of carbonyl (C=O) groups is 1. The smallest absolute Gasteiger partial charge is 0.291 e. The molecule has 0 aliphatic rings. The fourth-order valence-electron chi connectivity index (χ4n) is 4.24. The Hall–Kier alpha value is -3.45. The zero-order valence-electron chi connectivity index (χ0n) is 18.8. The third kappa shape index (κ3) is 4.43. The van der Waals surface area contributed by atoms with Crippen molar-refractivity contribution < 1.29 is 4.79 Å². The molecular formula is C25H29N5O2. The van der Waals surface area contributed by atoms with E-state index in [1.165, 1.54) is 10.2 Å². The molecule has 4 rings (SSSR count). The van der Waals surface area contributed by atoms with Crippen molar-refractivity contribution in [2.75, 3.05) is 13.6 Å². The Kier molecular flexibility index (Phi) is 6.37. The number of carbonyl (C=O) groups excluding carboxylic acids is 1. The lowest BCUT2D eigenvalue weighted by molar-refractivity contribution is -0.122. The largest absolute Gasteiger partial charge is 0.351 e. The zero-order chi connectivity index (χ0) is 22.7. The topological polar surface area (TPSA) is 72.2 Å². The zero-order valence-corrected chi connectivity index (χ0v) is 18.8. The van der Waals surface area contributed by atoms with Gasteiger partial charge in [-0.15, -0.1) is 0 Å². The maximum atomic E-state index is 13.0. The molecule has 0 aliphatic carbocycles. The van der Waals surface area contributed by atoms with E-state index in [1.54, 1.807) is 13.2 Å². The van der Waals surface area contributed by atoms with E-state index in [-0.39, 0.29) is 24.1 Å². The van der Waals surface area contributed by atoms with Crippen molar-refractivity contribution in [2.45, 2.75) is 32.5 Å². The molecule has 1 atom stereocenters. The van der Waals surface area contributed by atoms with Crippen LogP contribution in [0.2, 0.25) is 0 Å². The van der Waals surface area contributed by atoms with Crippen LogP contribution >= 0.6 is 0 Å². The number of para-hydroxylation sites is 1. The quantitative estimate of drug-likeness (QED) is 0.466. The number of rotatable bonds is 8. The third-order valence-electron chi connectivity index (χ3n) is 5.85. The minimum Gasteiger partial charge on any atom is -0.351 e. The van der Waals surface area contributed by atoms with E-state index in [2.05, 4.69) is 41.4 Å². The van der Waals surface area contributed by atoms with E-state index in [1.807, 2.05) is 47.0 Å². The van der Waals surface area contributed by atoms with Crippen molar-refractivity contribution in [3.63, 3.8) is 0 Å². The number of hydrogen-bond donors (Lipinski definition) is 1. The predicted octanol–water partition coefficient (Wildman–Crippen LogP) is 2.92. The maximum absolute atomic E-state index is 13.0. The van der Waals surface area contributed by atoms with Gasteiger partial charge in [0.05, 0.1) is 6.20 Å². The molecule has 0 unspecified atom stereocenters. The number of aryl methyl sites for hydroxylation is 1. The lowest BCUT2D eigenvalue weighted by Gasteiger charge is -2.24. The van der Waals surface area contributed by atoms with Gasteiger partial charge in [-0.1, -0.05) is 55.5 Å². The molecule has 0 saturated carbocycles. The van der Waals surface area contributed by atoms with Crippen molar-refractivity contribution in [3.05, 3.63) is 76.7 Å². The third-order valence-corrected chi connectivity index (χ3v) is 5.85. The summed E-state index contributed by atoms with van der Waals surface area (Å²) in [6.45, 7) is 3.73. The van der Waals surface area contributed by atoms with E-state index in [0.717, 1.165) is 35.8 Å². The second-order valence-corrected chi connectivity index (χ2v) is 8.29. The summed E-state index contributed by atoms with van der Waals surface area (Å²) >= 11 is 0. The fraction of sp³-hybridized carbons (Fsp3) is 0.320. The van der Waals surface area contributed by atoms with Gasteiger partial charge in [-0.2, -0.15) is 5.10 Å². The normalized spacial score (nSPS) is 12.5. The summed E-state index contributed by atoms with van der Waals surface area (Å²) in [6, 6.07) is 18.1. The Bertz CT molecular complexity index is 1290. The van der Waals surface area contributed by atoms with Crippen LogP contribution in [0.15, 0.2) is 65.6 Å². The standard InChI is InChI=1S/C25H29N5O2/c1-4-19(16-28(2)15-18-10-6-5-7-11-18)27-23(31)17-30-22-13-9-8-12-20(22)21-14-26-29(3)25(32)24(21)30/h5-14,19H,4,15-17H2,1-3H3,(H,27,31)/t19-/m1/s1. The average molecular weight is 432 g/mol. The number of nitrogens with zero attached hydrogens (tertiary/aromatic N) is 4. The number of nitrogens with one attached hydrogen (secondary N) is 1. The lowest BCUT2D eigenvalue weighted by Crippen LogP contribution is -2.43. The van der Waals surface area contributed by atoms with Gasteiger partial charge in [-0.05, 0) is 25.1 Å². The molecule has 0 spiro atoms. The van der Waals surface area contributed by atoms with E-state index >= 15 is 0 Å². The van der Waals surface area contributed by atoms with Crippen LogP contribution in [0.25, 0.3) is 21.8 Å². The summed E-state index contributed by atoms with van der Waals surface area (Å²) in [5.74, 6) is -0.105. The Morgan fingerprint density at radius 1 is 1.09 bits per heavy atom. The van der Waals surface area contributed by atoms with Gasteiger partial charge in [0.15, 0.2) is 0 Å². The number of hydrogen-bond acceptors (Lipinski definition) is 4. The lowest BCUT2D eigenvalue weighted by atomic mass is 10.1. The molecule has 1 amide bonds. The van der Waals surface area contributed by atoms with Crippen LogP contribution in [0, 0.1) is 0 Å². The molecule has 4 aromatic rings. The number of benzene rings is 2. The number of fused-ring (bicyclic) bond motifs is 3. The molecule has 7 nitrogen and oxygen atoms in total. The van der Waals surface area contributed by atoms with Gasteiger partial charge < -0.3 is 14.8 Å².